The minimum absolute atomic E-state index is 0.0687. The van der Waals surface area contributed by atoms with Gasteiger partial charge in [-0.15, -0.1) is 11.8 Å². The van der Waals surface area contributed by atoms with Crippen LogP contribution < -0.4 is 0 Å². The molecule has 136 valence electrons. The summed E-state index contributed by atoms with van der Waals surface area (Å²) in [6, 6.07) is 13.8. The van der Waals surface area contributed by atoms with Crippen molar-refractivity contribution in [3.8, 4) is 0 Å². The summed E-state index contributed by atoms with van der Waals surface area (Å²) in [5.41, 5.74) is 1.09. The second-order valence-electron chi connectivity index (χ2n) is 6.45. The van der Waals surface area contributed by atoms with Gasteiger partial charge in [0.05, 0.1) is 11.9 Å². The number of hydrogen-bond acceptors (Lipinski definition) is 4. The molecule has 1 aliphatic heterocycles. The molecule has 5 nitrogen and oxygen atoms in total. The molecule has 2 amide bonds. The lowest BCUT2D eigenvalue weighted by molar-refractivity contribution is -0.137. The number of thioether (sulfide) groups is 1. The van der Waals surface area contributed by atoms with E-state index in [1.807, 2.05) is 24.3 Å². The Morgan fingerprint density at radius 2 is 1.96 bits per heavy atom. The lowest BCUT2D eigenvalue weighted by Crippen LogP contribution is -2.38. The Morgan fingerprint density at radius 1 is 1.19 bits per heavy atom. The maximum atomic E-state index is 12.4. The number of rotatable bonds is 6. The lowest BCUT2D eigenvalue weighted by atomic mass is 10.0. The molecule has 0 radical (unpaired) electrons. The third kappa shape index (κ3) is 4.07. The van der Waals surface area contributed by atoms with Crippen molar-refractivity contribution in [3.63, 3.8) is 0 Å². The highest BCUT2D eigenvalue weighted by Crippen LogP contribution is 2.22. The first-order valence-electron chi connectivity index (χ1n) is 8.63. The Morgan fingerprint density at radius 3 is 2.77 bits per heavy atom. The molecule has 0 unspecified atom stereocenters. The molecule has 1 saturated heterocycles. The molecule has 2 aromatic rings. The average molecular weight is 370 g/mol. The van der Waals surface area contributed by atoms with E-state index in [9.17, 15) is 14.4 Å². The molecule has 3 rings (SSSR count). The van der Waals surface area contributed by atoms with Crippen molar-refractivity contribution in [2.24, 2.45) is 0 Å². The first-order chi connectivity index (χ1) is 12.6. The number of benzene rings is 2. The molecule has 2 aromatic carbocycles. The van der Waals surface area contributed by atoms with Gasteiger partial charge in [-0.1, -0.05) is 42.5 Å². The van der Waals surface area contributed by atoms with Crippen molar-refractivity contribution in [1.82, 2.24) is 9.80 Å². The highest BCUT2D eigenvalue weighted by atomic mass is 32.2. The van der Waals surface area contributed by atoms with Crippen molar-refractivity contribution in [2.75, 3.05) is 18.7 Å². The number of fused-ring (bicyclic) bond motifs is 1. The van der Waals surface area contributed by atoms with Crippen molar-refractivity contribution in [3.05, 3.63) is 48.0 Å². The summed E-state index contributed by atoms with van der Waals surface area (Å²) in [5.74, 6) is 0.978. The van der Waals surface area contributed by atoms with Gasteiger partial charge in [-0.05, 0) is 16.3 Å². The molecule has 0 saturated carbocycles. The van der Waals surface area contributed by atoms with E-state index < -0.39 is 0 Å². The molecular formula is C20H22N2O3S. The van der Waals surface area contributed by atoms with E-state index in [-0.39, 0.29) is 30.7 Å². The van der Waals surface area contributed by atoms with Gasteiger partial charge in [0.25, 0.3) is 0 Å². The first-order valence-corrected chi connectivity index (χ1v) is 9.78. The maximum Gasteiger partial charge on any atom is 0.224 e. The average Bonchev–Trinajstić information content (AvgIpc) is 3.15. The predicted molar refractivity (Wildman–Crippen MR) is 104 cm³/mol. The van der Waals surface area contributed by atoms with Gasteiger partial charge in [0, 0.05) is 32.2 Å². The lowest BCUT2D eigenvalue weighted by Gasteiger charge is -2.21. The quantitative estimate of drug-likeness (QED) is 0.734. The van der Waals surface area contributed by atoms with E-state index in [2.05, 4.69) is 18.2 Å². The molecule has 6 heteroatoms. The monoisotopic (exact) mass is 370 g/mol. The first kappa shape index (κ1) is 18.5. The Balaban J connectivity index is 1.58. The van der Waals surface area contributed by atoms with Gasteiger partial charge in [0.1, 0.15) is 6.29 Å². The molecule has 1 fully saturated rings. The summed E-state index contributed by atoms with van der Waals surface area (Å²) in [6.07, 6.45) is 1.11. The molecule has 1 heterocycles. The Labute approximate surface area is 157 Å². The van der Waals surface area contributed by atoms with Crippen LogP contribution >= 0.6 is 11.8 Å². The summed E-state index contributed by atoms with van der Waals surface area (Å²) in [5, 5.41) is 2.28. The Bertz CT molecular complexity index is 818. The van der Waals surface area contributed by atoms with Crippen LogP contribution in [0, 0.1) is 0 Å². The van der Waals surface area contributed by atoms with Crippen LogP contribution in [0.15, 0.2) is 42.5 Å². The number of carbonyl (C=O) groups is 3. The van der Waals surface area contributed by atoms with Crippen molar-refractivity contribution >= 4 is 40.6 Å². The fourth-order valence-electron chi connectivity index (χ4n) is 3.15. The highest BCUT2D eigenvalue weighted by Gasteiger charge is 2.28. The van der Waals surface area contributed by atoms with E-state index in [1.54, 1.807) is 28.6 Å². The summed E-state index contributed by atoms with van der Waals surface area (Å²) in [7, 11) is 1.76. The van der Waals surface area contributed by atoms with E-state index in [0.717, 1.165) is 22.6 Å². The maximum absolute atomic E-state index is 12.4. The van der Waals surface area contributed by atoms with E-state index in [4.69, 9.17) is 0 Å². The van der Waals surface area contributed by atoms with Crippen LogP contribution in [-0.2, 0) is 20.9 Å². The Hall–Kier alpha value is -2.34. The van der Waals surface area contributed by atoms with Gasteiger partial charge in [-0.25, -0.2) is 0 Å². The van der Waals surface area contributed by atoms with Gasteiger partial charge >= 0.3 is 0 Å². The van der Waals surface area contributed by atoms with Crippen molar-refractivity contribution in [2.45, 2.75) is 25.4 Å². The van der Waals surface area contributed by atoms with Gasteiger partial charge in [-0.2, -0.15) is 0 Å². The second kappa shape index (κ2) is 8.36. The third-order valence-electron chi connectivity index (χ3n) is 4.66. The number of aldehydes is 1. The zero-order chi connectivity index (χ0) is 18.5. The van der Waals surface area contributed by atoms with Gasteiger partial charge in [0.2, 0.25) is 11.8 Å². The molecule has 1 aliphatic rings. The summed E-state index contributed by atoms with van der Waals surface area (Å²) >= 11 is 1.57. The normalized spacial score (nSPS) is 16.7. The molecule has 26 heavy (non-hydrogen) atoms. The van der Waals surface area contributed by atoms with E-state index >= 15 is 0 Å². The minimum Gasteiger partial charge on any atom is -0.341 e. The van der Waals surface area contributed by atoms with Gasteiger partial charge in [-0.3, -0.25) is 9.59 Å². The fourth-order valence-corrected chi connectivity index (χ4v) is 4.29. The minimum atomic E-state index is -0.351. The molecule has 0 bridgehead atoms. The van der Waals surface area contributed by atoms with Gasteiger partial charge in [0.15, 0.2) is 0 Å². The van der Waals surface area contributed by atoms with Crippen molar-refractivity contribution in [1.29, 1.82) is 0 Å². The largest absolute Gasteiger partial charge is 0.341 e. The number of hydrogen-bond donors (Lipinski definition) is 0. The van der Waals surface area contributed by atoms with E-state index in [0.29, 0.717) is 18.2 Å². The second-order valence-corrected chi connectivity index (χ2v) is 7.45. The topological polar surface area (TPSA) is 57.7 Å². The molecule has 0 aliphatic carbocycles. The molecule has 0 spiro atoms. The van der Waals surface area contributed by atoms with Crippen molar-refractivity contribution < 1.29 is 14.4 Å². The van der Waals surface area contributed by atoms with Crippen LogP contribution in [0.3, 0.4) is 0 Å². The van der Waals surface area contributed by atoms with Crippen LogP contribution in [0.25, 0.3) is 10.8 Å². The van der Waals surface area contributed by atoms with Crippen LogP contribution in [0.1, 0.15) is 18.4 Å². The van der Waals surface area contributed by atoms with E-state index in [1.165, 1.54) is 0 Å². The third-order valence-corrected chi connectivity index (χ3v) is 5.70. The number of amides is 2. The van der Waals surface area contributed by atoms with Crippen LogP contribution in [0.4, 0.5) is 0 Å². The SMILES string of the molecule is CN(Cc1cccc2ccccc12)C(=O)CCC(=O)N1CSC[C@H]1C=O. The standard InChI is InChI=1S/C20H22N2O3S/c1-21(11-16-7-4-6-15-5-2-3-8-18(15)16)19(24)9-10-20(25)22-14-26-13-17(22)12-23/h2-8,12,17H,9-11,13-14H2,1H3/t17-/m1/s1. The summed E-state index contributed by atoms with van der Waals surface area (Å²) in [4.78, 5) is 38.9. The molecule has 0 N–H and O–H groups in total. The summed E-state index contributed by atoms with van der Waals surface area (Å²) < 4.78 is 0. The van der Waals surface area contributed by atoms with Crippen LogP contribution in [0.5, 0.6) is 0 Å². The van der Waals surface area contributed by atoms with Crippen LogP contribution in [-0.4, -0.2) is 52.6 Å². The highest BCUT2D eigenvalue weighted by molar-refractivity contribution is 7.99. The van der Waals surface area contributed by atoms with Gasteiger partial charge < -0.3 is 14.6 Å². The Kier molecular flexibility index (Phi) is 5.93. The molecule has 0 aromatic heterocycles. The molecule has 1 atom stereocenters. The summed E-state index contributed by atoms with van der Waals surface area (Å²) in [6.45, 7) is 0.505. The zero-order valence-corrected chi connectivity index (χ0v) is 15.6. The number of carbonyl (C=O) groups excluding carboxylic acids is 3. The molecular weight excluding hydrogens is 348 g/mol. The smallest absolute Gasteiger partial charge is 0.224 e. The zero-order valence-electron chi connectivity index (χ0n) is 14.8. The fraction of sp³-hybridized carbons (Fsp3) is 0.350. The predicted octanol–water partition coefficient (Wildman–Crippen LogP) is 2.68. The number of nitrogens with zero attached hydrogens (tertiary/aromatic N) is 2. The van der Waals surface area contributed by atoms with Crippen LogP contribution in [0.2, 0.25) is 0 Å².